The highest BCUT2D eigenvalue weighted by Crippen LogP contribution is 2.42. The first-order valence-electron chi connectivity index (χ1n) is 19.7. The third-order valence-electron chi connectivity index (χ3n) is 9.87. The average Bonchev–Trinajstić information content (AvgIpc) is 3.31. The maximum atomic E-state index is 2.34. The summed E-state index contributed by atoms with van der Waals surface area (Å²) < 4.78 is 0. The Hall–Kier alpha value is -0.520. The molecule has 0 saturated carbocycles. The van der Waals surface area contributed by atoms with E-state index in [4.69, 9.17) is 0 Å². The van der Waals surface area contributed by atoms with Crippen molar-refractivity contribution in [2.24, 2.45) is 0 Å². The molecule has 0 radical (unpaired) electrons. The van der Waals surface area contributed by atoms with Crippen molar-refractivity contribution in [1.82, 2.24) is 0 Å². The largest absolute Gasteiger partial charge is 0.0654 e. The zero-order valence-corrected chi connectivity index (χ0v) is 29.3. The van der Waals surface area contributed by atoms with Crippen molar-refractivity contribution in [3.05, 3.63) is 22.3 Å². The second-order valence-corrected chi connectivity index (χ2v) is 13.8. The monoisotopic (exact) mass is 571 g/mol. The van der Waals surface area contributed by atoms with Crippen LogP contribution in [0.3, 0.4) is 0 Å². The Morgan fingerprint density at radius 3 is 0.756 bits per heavy atom. The number of rotatable bonds is 32. The molecule has 0 heteroatoms. The summed E-state index contributed by atoms with van der Waals surface area (Å²) in [7, 11) is 0. The number of unbranched alkanes of at least 4 members (excludes halogenated alkanes) is 24. The van der Waals surface area contributed by atoms with Crippen LogP contribution in [-0.2, 0) is 0 Å². The first-order chi connectivity index (χ1) is 20.3. The van der Waals surface area contributed by atoms with E-state index >= 15 is 0 Å². The van der Waals surface area contributed by atoms with Gasteiger partial charge in [-0.3, -0.25) is 0 Å². The molecule has 0 spiro atoms. The first-order valence-corrected chi connectivity index (χ1v) is 19.7. The minimum atomic E-state index is 1.36. The molecule has 0 N–H and O–H groups in total. The van der Waals surface area contributed by atoms with Crippen LogP contribution in [0, 0.1) is 0 Å². The Morgan fingerprint density at radius 1 is 0.268 bits per heavy atom. The molecule has 0 aromatic rings. The van der Waals surface area contributed by atoms with Gasteiger partial charge in [-0.05, 0) is 68.9 Å². The fourth-order valence-electron chi connectivity index (χ4n) is 7.14. The second-order valence-electron chi connectivity index (χ2n) is 13.8. The summed E-state index contributed by atoms with van der Waals surface area (Å²) >= 11 is 0. The van der Waals surface area contributed by atoms with Gasteiger partial charge in [0.05, 0.1) is 0 Å². The van der Waals surface area contributed by atoms with Gasteiger partial charge in [-0.2, -0.15) is 0 Å². The van der Waals surface area contributed by atoms with Crippen molar-refractivity contribution in [3.63, 3.8) is 0 Å². The van der Waals surface area contributed by atoms with Gasteiger partial charge in [0.2, 0.25) is 0 Å². The molecule has 0 aliphatic heterocycles. The summed E-state index contributed by atoms with van der Waals surface area (Å²) in [6.45, 7) is 9.34. The molecule has 0 fully saturated rings. The van der Waals surface area contributed by atoms with E-state index in [2.05, 4.69) is 27.7 Å². The Labute approximate surface area is 261 Å². The third kappa shape index (κ3) is 20.9. The van der Waals surface area contributed by atoms with Crippen LogP contribution in [0.15, 0.2) is 22.3 Å². The topological polar surface area (TPSA) is 0 Å². The molecule has 1 aliphatic carbocycles. The van der Waals surface area contributed by atoms with Crippen molar-refractivity contribution in [2.75, 3.05) is 0 Å². The van der Waals surface area contributed by atoms with E-state index in [1.807, 2.05) is 22.3 Å². The molecular formula is C41H78. The van der Waals surface area contributed by atoms with Crippen LogP contribution in [0.5, 0.6) is 0 Å². The molecule has 0 unspecified atom stereocenters. The van der Waals surface area contributed by atoms with Crippen LogP contribution in [-0.4, -0.2) is 0 Å². The summed E-state index contributed by atoms with van der Waals surface area (Å²) in [5.41, 5.74) is 7.60. The number of hydrogen-bond donors (Lipinski definition) is 0. The van der Waals surface area contributed by atoms with Gasteiger partial charge in [-0.1, -0.05) is 193 Å². The van der Waals surface area contributed by atoms with Gasteiger partial charge < -0.3 is 0 Å². The molecule has 0 aromatic heterocycles. The molecular weight excluding hydrogens is 492 g/mol. The van der Waals surface area contributed by atoms with Crippen LogP contribution in [0.2, 0.25) is 0 Å². The van der Waals surface area contributed by atoms with Crippen molar-refractivity contribution < 1.29 is 0 Å². The maximum Gasteiger partial charge on any atom is -0.00966 e. The molecule has 1 rings (SSSR count). The lowest BCUT2D eigenvalue weighted by Gasteiger charge is -2.14. The van der Waals surface area contributed by atoms with Crippen molar-refractivity contribution in [2.45, 2.75) is 240 Å². The Kier molecular flexibility index (Phi) is 27.7. The molecule has 0 aromatic carbocycles. The normalized spacial score (nSPS) is 13.8. The zero-order chi connectivity index (χ0) is 29.6. The molecule has 0 saturated heterocycles. The highest BCUT2D eigenvalue weighted by atomic mass is 14.3. The molecule has 242 valence electrons. The maximum absolute atomic E-state index is 2.34. The van der Waals surface area contributed by atoms with Crippen molar-refractivity contribution in [3.8, 4) is 0 Å². The van der Waals surface area contributed by atoms with Crippen molar-refractivity contribution in [1.29, 1.82) is 0 Å². The fraction of sp³-hybridized carbons (Fsp3) is 0.902. The second kappa shape index (κ2) is 29.5. The number of allylic oxidation sites excluding steroid dienone is 4. The summed E-state index contributed by atoms with van der Waals surface area (Å²) in [5, 5.41) is 0. The van der Waals surface area contributed by atoms with Gasteiger partial charge >= 0.3 is 0 Å². The molecule has 0 amide bonds. The highest BCUT2D eigenvalue weighted by Gasteiger charge is 2.23. The lowest BCUT2D eigenvalue weighted by molar-refractivity contribution is 0.569. The SMILES string of the molecule is CCCCCCCCCCC1=C(CCCCCCCCCC)C(CCCCCCCC)=C(CCCCCCCC)C1. The van der Waals surface area contributed by atoms with Crippen LogP contribution in [0.25, 0.3) is 0 Å². The Balaban J connectivity index is 2.73. The quantitative estimate of drug-likeness (QED) is 0.0705. The first kappa shape index (κ1) is 38.5. The predicted molar refractivity (Wildman–Crippen MR) is 189 cm³/mol. The van der Waals surface area contributed by atoms with Gasteiger partial charge in [-0.25, -0.2) is 0 Å². The van der Waals surface area contributed by atoms with Crippen molar-refractivity contribution >= 4 is 0 Å². The summed E-state index contributed by atoms with van der Waals surface area (Å²) in [5.74, 6) is 0. The highest BCUT2D eigenvalue weighted by molar-refractivity contribution is 5.47. The predicted octanol–water partition coefficient (Wildman–Crippen LogP) is 15.5. The molecule has 0 bridgehead atoms. The average molecular weight is 571 g/mol. The van der Waals surface area contributed by atoms with E-state index in [1.165, 1.54) is 212 Å². The van der Waals surface area contributed by atoms with Crippen LogP contribution < -0.4 is 0 Å². The third-order valence-corrected chi connectivity index (χ3v) is 9.87. The van der Waals surface area contributed by atoms with Gasteiger partial charge in [0.15, 0.2) is 0 Å². The summed E-state index contributed by atoms with van der Waals surface area (Å²) in [4.78, 5) is 0. The van der Waals surface area contributed by atoms with Gasteiger partial charge in [0.1, 0.15) is 0 Å². The van der Waals surface area contributed by atoms with E-state index in [-0.39, 0.29) is 0 Å². The van der Waals surface area contributed by atoms with Gasteiger partial charge in [-0.15, -0.1) is 0 Å². The van der Waals surface area contributed by atoms with Gasteiger partial charge in [0, 0.05) is 0 Å². The van der Waals surface area contributed by atoms with E-state index in [9.17, 15) is 0 Å². The Morgan fingerprint density at radius 2 is 0.488 bits per heavy atom. The Bertz CT molecular complexity index is 620. The number of hydrogen-bond acceptors (Lipinski definition) is 0. The summed E-state index contributed by atoms with van der Waals surface area (Å²) in [6, 6.07) is 0. The lowest BCUT2D eigenvalue weighted by atomic mass is 9.91. The minimum Gasteiger partial charge on any atom is -0.0654 e. The molecule has 0 atom stereocenters. The molecule has 0 heterocycles. The van der Waals surface area contributed by atoms with Crippen LogP contribution in [0.4, 0.5) is 0 Å². The van der Waals surface area contributed by atoms with E-state index in [0.717, 1.165) is 0 Å². The van der Waals surface area contributed by atoms with Crippen LogP contribution >= 0.6 is 0 Å². The molecule has 0 nitrogen and oxygen atoms in total. The lowest BCUT2D eigenvalue weighted by Crippen LogP contribution is -1.95. The zero-order valence-electron chi connectivity index (χ0n) is 29.3. The smallest absolute Gasteiger partial charge is 0.00966 e. The van der Waals surface area contributed by atoms with E-state index in [1.54, 1.807) is 0 Å². The summed E-state index contributed by atoms with van der Waals surface area (Å²) in [6.07, 6.45) is 47.2. The molecule has 1 aliphatic rings. The van der Waals surface area contributed by atoms with E-state index < -0.39 is 0 Å². The van der Waals surface area contributed by atoms with Gasteiger partial charge in [0.25, 0.3) is 0 Å². The fourth-order valence-corrected chi connectivity index (χ4v) is 7.14. The minimum absolute atomic E-state index is 1.36. The molecule has 41 heavy (non-hydrogen) atoms. The van der Waals surface area contributed by atoms with E-state index in [0.29, 0.717) is 0 Å². The standard InChI is InChI=1S/C41H78/c1-5-9-13-17-21-23-26-30-34-39-37-38(33-29-25-19-15-11-7-3)40(35-31-27-20-16-12-8-4)41(39)36-32-28-24-22-18-14-10-6-2/h5-37H2,1-4H3. The van der Waals surface area contributed by atoms with Crippen LogP contribution in [0.1, 0.15) is 240 Å².